The number of aryl methyl sites for hydroxylation is 1. The molecule has 32 heavy (non-hydrogen) atoms. The van der Waals surface area contributed by atoms with Crippen LogP contribution in [0.15, 0.2) is 61.1 Å². The molecule has 1 aromatic heterocycles. The molecule has 1 saturated heterocycles. The quantitative estimate of drug-likeness (QED) is 0.570. The van der Waals surface area contributed by atoms with E-state index in [4.69, 9.17) is 6.57 Å². The van der Waals surface area contributed by atoms with Crippen LogP contribution in [0.1, 0.15) is 29.7 Å². The van der Waals surface area contributed by atoms with Crippen molar-refractivity contribution in [2.24, 2.45) is 5.92 Å². The van der Waals surface area contributed by atoms with E-state index in [-0.39, 0.29) is 11.8 Å². The van der Waals surface area contributed by atoms with Gasteiger partial charge in [-0.1, -0.05) is 36.4 Å². The second-order valence-corrected chi connectivity index (χ2v) is 8.46. The normalized spacial score (nSPS) is 15.9. The molecule has 0 aliphatic carbocycles. The Bertz CT molecular complexity index is 1100. The van der Waals surface area contributed by atoms with Crippen LogP contribution in [0.4, 0.5) is 11.4 Å². The number of benzene rings is 2. The second-order valence-electron chi connectivity index (χ2n) is 8.46. The van der Waals surface area contributed by atoms with Crippen LogP contribution in [0.2, 0.25) is 0 Å². The highest BCUT2D eigenvalue weighted by atomic mass is 16.1. The molecule has 2 aromatic carbocycles. The smallest absolute Gasteiger partial charge is 0.224 e. The molecule has 0 bridgehead atoms. The average Bonchev–Trinajstić information content (AvgIpc) is 3.26. The maximum absolute atomic E-state index is 12.8. The van der Waals surface area contributed by atoms with Crippen LogP contribution in [0, 0.1) is 19.4 Å². The van der Waals surface area contributed by atoms with Crippen LogP contribution in [-0.4, -0.2) is 35.1 Å². The molecule has 0 saturated carbocycles. The van der Waals surface area contributed by atoms with Crippen molar-refractivity contribution in [1.29, 1.82) is 0 Å². The van der Waals surface area contributed by atoms with Crippen molar-refractivity contribution in [3.05, 3.63) is 89.3 Å². The van der Waals surface area contributed by atoms with Gasteiger partial charge in [0, 0.05) is 50.2 Å². The Kier molecular flexibility index (Phi) is 6.86. The van der Waals surface area contributed by atoms with Gasteiger partial charge in [-0.15, -0.1) is 0 Å². The van der Waals surface area contributed by atoms with E-state index in [1.54, 1.807) is 0 Å². The molecule has 1 aliphatic heterocycles. The van der Waals surface area contributed by atoms with Crippen molar-refractivity contribution in [3.63, 3.8) is 0 Å². The minimum Gasteiger partial charge on any atom is -0.371 e. The number of aromatic nitrogens is 2. The molecule has 4 rings (SSSR count). The number of hydrogen-bond donors (Lipinski definition) is 1. The van der Waals surface area contributed by atoms with Crippen molar-refractivity contribution in [2.45, 2.75) is 32.7 Å². The minimum atomic E-state index is 0.0233. The minimum absolute atomic E-state index is 0.0233. The topological polar surface area (TPSA) is 54.5 Å². The first kappa shape index (κ1) is 21.6. The lowest BCUT2D eigenvalue weighted by Gasteiger charge is -2.34. The first-order valence-electron chi connectivity index (χ1n) is 11.2. The van der Waals surface area contributed by atoms with Crippen LogP contribution in [0.3, 0.4) is 0 Å². The van der Waals surface area contributed by atoms with Gasteiger partial charge in [-0.3, -0.25) is 4.79 Å². The number of nitrogens with zero attached hydrogens (tertiary/aromatic N) is 4. The third-order valence-electron chi connectivity index (χ3n) is 6.06. The van der Waals surface area contributed by atoms with E-state index >= 15 is 0 Å². The maximum Gasteiger partial charge on any atom is 0.224 e. The number of carbonyl (C=O) groups excluding carboxylic acids is 1. The number of hydrogen-bond acceptors (Lipinski definition) is 3. The van der Waals surface area contributed by atoms with Crippen molar-refractivity contribution in [3.8, 4) is 0 Å². The number of carbonyl (C=O) groups is 1. The zero-order valence-electron chi connectivity index (χ0n) is 18.5. The number of amides is 1. The largest absolute Gasteiger partial charge is 0.371 e. The summed E-state index contributed by atoms with van der Waals surface area (Å²) in [6.45, 7) is 12.2. The molecule has 1 aliphatic rings. The molecular weight excluding hydrogens is 398 g/mol. The van der Waals surface area contributed by atoms with Crippen molar-refractivity contribution in [2.75, 3.05) is 24.5 Å². The molecule has 1 fully saturated rings. The SMILES string of the molecule is [C-]#[N+]c1ccc(Cn2cncc2CCNC(=O)[C@H]2CCCN(c3cccc(C)c3)C2)cc1. The maximum atomic E-state index is 12.8. The fourth-order valence-electron chi connectivity index (χ4n) is 4.28. The van der Waals surface area contributed by atoms with Crippen molar-refractivity contribution >= 4 is 17.3 Å². The van der Waals surface area contributed by atoms with Gasteiger partial charge >= 0.3 is 0 Å². The molecule has 0 unspecified atom stereocenters. The van der Waals surface area contributed by atoms with Crippen LogP contribution >= 0.6 is 0 Å². The van der Waals surface area contributed by atoms with Gasteiger partial charge in [-0.05, 0) is 43.0 Å². The average molecular weight is 428 g/mol. The number of nitrogens with one attached hydrogen (secondary N) is 1. The van der Waals surface area contributed by atoms with Gasteiger partial charge in [-0.25, -0.2) is 9.83 Å². The van der Waals surface area contributed by atoms with E-state index in [9.17, 15) is 4.79 Å². The Morgan fingerprint density at radius 3 is 2.88 bits per heavy atom. The fraction of sp³-hybridized carbons (Fsp3) is 0.346. The highest BCUT2D eigenvalue weighted by Gasteiger charge is 2.25. The molecular formula is C26H29N5O. The molecule has 3 aromatic rings. The molecule has 1 amide bonds. The third kappa shape index (κ3) is 5.36. The van der Waals surface area contributed by atoms with Crippen LogP contribution in [-0.2, 0) is 17.8 Å². The summed E-state index contributed by atoms with van der Waals surface area (Å²) in [5, 5.41) is 3.14. The number of piperidine rings is 1. The fourth-order valence-corrected chi connectivity index (χ4v) is 4.28. The zero-order valence-corrected chi connectivity index (χ0v) is 18.5. The highest BCUT2D eigenvalue weighted by molar-refractivity contribution is 5.79. The number of rotatable bonds is 7. The molecule has 2 heterocycles. The Hall–Kier alpha value is -3.59. The summed E-state index contributed by atoms with van der Waals surface area (Å²) in [7, 11) is 0. The van der Waals surface area contributed by atoms with Gasteiger partial charge in [0.25, 0.3) is 0 Å². The lowest BCUT2D eigenvalue weighted by Crippen LogP contribution is -2.43. The Labute approximate surface area is 189 Å². The first-order valence-corrected chi connectivity index (χ1v) is 11.2. The van der Waals surface area contributed by atoms with E-state index in [1.165, 1.54) is 11.3 Å². The molecule has 6 heteroatoms. The monoisotopic (exact) mass is 427 g/mol. The third-order valence-corrected chi connectivity index (χ3v) is 6.06. The van der Waals surface area contributed by atoms with Crippen LogP contribution < -0.4 is 10.2 Å². The zero-order chi connectivity index (χ0) is 22.3. The van der Waals surface area contributed by atoms with Crippen LogP contribution in [0.5, 0.6) is 0 Å². The van der Waals surface area contributed by atoms with E-state index < -0.39 is 0 Å². The molecule has 6 nitrogen and oxygen atoms in total. The van der Waals surface area contributed by atoms with Gasteiger partial charge in [0.15, 0.2) is 5.69 Å². The number of anilines is 1. The summed E-state index contributed by atoms with van der Waals surface area (Å²) >= 11 is 0. The van der Waals surface area contributed by atoms with Gasteiger partial charge in [0.1, 0.15) is 0 Å². The lowest BCUT2D eigenvalue weighted by molar-refractivity contribution is -0.125. The van der Waals surface area contributed by atoms with E-state index in [0.717, 1.165) is 43.6 Å². The summed E-state index contributed by atoms with van der Waals surface area (Å²) in [5.41, 5.74) is 5.30. The van der Waals surface area contributed by atoms with E-state index in [0.29, 0.717) is 18.8 Å². The molecule has 164 valence electrons. The predicted octanol–water partition coefficient (Wildman–Crippen LogP) is 4.37. The summed E-state index contributed by atoms with van der Waals surface area (Å²) in [6, 6.07) is 16.1. The van der Waals surface area contributed by atoms with Gasteiger partial charge in [0.2, 0.25) is 5.91 Å². The van der Waals surface area contributed by atoms with Gasteiger partial charge in [-0.2, -0.15) is 0 Å². The molecule has 0 radical (unpaired) electrons. The Morgan fingerprint density at radius 1 is 1.25 bits per heavy atom. The molecule has 1 atom stereocenters. The first-order chi connectivity index (χ1) is 15.6. The summed E-state index contributed by atoms with van der Waals surface area (Å²) < 4.78 is 2.10. The molecule has 0 spiro atoms. The standard InChI is InChI=1S/C26H29N5O/c1-20-5-3-7-24(15-20)30-14-4-6-22(18-30)26(32)29-13-12-25-16-28-19-31(25)17-21-8-10-23(27-2)11-9-21/h3,5,7-11,15-16,19,22H,4,6,12-14,17-18H2,1H3,(H,29,32)/t22-/m0/s1. The van der Waals surface area contributed by atoms with E-state index in [2.05, 4.69) is 55.8 Å². The second kappa shape index (κ2) is 10.1. The van der Waals surface area contributed by atoms with E-state index in [1.807, 2.05) is 36.8 Å². The Balaban J connectivity index is 1.28. The summed E-state index contributed by atoms with van der Waals surface area (Å²) in [6.07, 6.45) is 6.39. The highest BCUT2D eigenvalue weighted by Crippen LogP contribution is 2.24. The van der Waals surface area contributed by atoms with Gasteiger partial charge < -0.3 is 14.8 Å². The van der Waals surface area contributed by atoms with Crippen LogP contribution in [0.25, 0.3) is 4.85 Å². The lowest BCUT2D eigenvalue weighted by atomic mass is 9.96. The predicted molar refractivity (Wildman–Crippen MR) is 127 cm³/mol. The van der Waals surface area contributed by atoms with Gasteiger partial charge in [0.05, 0.1) is 18.8 Å². The molecule has 1 N–H and O–H groups in total. The van der Waals surface area contributed by atoms with Crippen molar-refractivity contribution in [1.82, 2.24) is 14.9 Å². The Morgan fingerprint density at radius 2 is 2.09 bits per heavy atom. The summed E-state index contributed by atoms with van der Waals surface area (Å²) in [4.78, 5) is 22.9. The number of imidazole rings is 1. The van der Waals surface area contributed by atoms with Crippen molar-refractivity contribution < 1.29 is 4.79 Å². The summed E-state index contributed by atoms with van der Waals surface area (Å²) in [5.74, 6) is 0.165.